The van der Waals surface area contributed by atoms with E-state index < -0.39 is 35.6 Å². The molecule has 4 bridgehead atoms. The van der Waals surface area contributed by atoms with Crippen molar-refractivity contribution in [3.8, 4) is 17.2 Å². The van der Waals surface area contributed by atoms with E-state index in [4.69, 9.17) is 19.6 Å². The molecule has 7 atom stereocenters. The van der Waals surface area contributed by atoms with Crippen LogP contribution in [0.2, 0.25) is 0 Å². The fourth-order valence-electron chi connectivity index (χ4n) is 10.2. The lowest BCUT2D eigenvalue weighted by atomic mass is 9.67. The molecule has 3 aromatic rings. The number of carbonyl (C=O) groups excluding carboxylic acids is 1. The molecule has 0 spiro atoms. The van der Waals surface area contributed by atoms with Crippen LogP contribution >= 0.6 is 0 Å². The maximum atomic E-state index is 14.0. The van der Waals surface area contributed by atoms with Gasteiger partial charge in [0.05, 0.1) is 0 Å². The zero-order valence-electron chi connectivity index (χ0n) is 33.9. The molecule has 0 saturated carbocycles. The van der Waals surface area contributed by atoms with Crippen molar-refractivity contribution in [2.45, 2.75) is 103 Å². The number of nitrogens with two attached hydrogens (primary N) is 1. The van der Waals surface area contributed by atoms with E-state index in [1.165, 1.54) is 6.07 Å². The number of rotatable bonds is 5. The first-order valence-electron chi connectivity index (χ1n) is 20.7. The highest BCUT2D eigenvalue weighted by Crippen LogP contribution is 2.56. The van der Waals surface area contributed by atoms with Gasteiger partial charge in [0.25, 0.3) is 0 Å². The maximum absolute atomic E-state index is 14.0. The second-order valence-electron chi connectivity index (χ2n) is 17.1. The normalized spacial score (nSPS) is 28.5. The molecule has 308 valence electrons. The molecule has 8 N–H and O–H groups in total. The minimum absolute atomic E-state index is 0.0252. The van der Waals surface area contributed by atoms with Crippen LogP contribution in [0.3, 0.4) is 0 Å². The predicted molar refractivity (Wildman–Crippen MR) is 223 cm³/mol. The summed E-state index contributed by atoms with van der Waals surface area (Å²) in [5, 5.41) is 43.9. The third kappa shape index (κ3) is 6.62. The summed E-state index contributed by atoms with van der Waals surface area (Å²) in [4.78, 5) is 27.9. The summed E-state index contributed by atoms with van der Waals surface area (Å²) < 4.78 is 20.4. The SMILES string of the molecule is CC=C(C)C(=O)OC1Cc2c3c(c4oc(CO)cc(=O)c4c2O)C2Cc4cc(O)ccc4CCC(CC(CC4=CNC5NC(C)C=CC5=C4)C1(C)O3)C1=C(N)NCC=C12. The lowest BCUT2D eigenvalue weighted by Crippen LogP contribution is -2.57. The van der Waals surface area contributed by atoms with Crippen LogP contribution in [0.5, 0.6) is 17.2 Å². The summed E-state index contributed by atoms with van der Waals surface area (Å²) in [5.41, 5.74) is 12.8. The van der Waals surface area contributed by atoms with Crippen molar-refractivity contribution in [1.29, 1.82) is 0 Å². The number of carbonyl (C=O) groups is 1. The Balaban J connectivity index is 1.35. The molecule has 1 aliphatic carbocycles. The molecule has 0 fully saturated rings. The summed E-state index contributed by atoms with van der Waals surface area (Å²) in [6.07, 6.45) is 14.5. The lowest BCUT2D eigenvalue weighted by Gasteiger charge is -2.49. The Hall–Kier alpha value is -5.72. The molecule has 2 aromatic carbocycles. The Morgan fingerprint density at radius 1 is 1.17 bits per heavy atom. The molecule has 0 amide bonds. The van der Waals surface area contributed by atoms with E-state index in [9.17, 15) is 24.9 Å². The van der Waals surface area contributed by atoms with Gasteiger partial charge in [0, 0.05) is 59.8 Å². The average molecular weight is 801 g/mol. The molecule has 12 heteroatoms. The van der Waals surface area contributed by atoms with Gasteiger partial charge >= 0.3 is 5.97 Å². The zero-order chi connectivity index (χ0) is 41.3. The zero-order valence-corrected chi connectivity index (χ0v) is 33.9. The molecule has 6 heterocycles. The highest BCUT2D eigenvalue weighted by Gasteiger charge is 2.54. The molecule has 59 heavy (non-hydrogen) atoms. The fraction of sp³-hybridized carbons (Fsp3) is 0.404. The van der Waals surface area contributed by atoms with Crippen LogP contribution in [0, 0.1) is 11.8 Å². The predicted octanol–water partition coefficient (Wildman–Crippen LogP) is 5.55. The van der Waals surface area contributed by atoms with E-state index in [0.29, 0.717) is 60.5 Å². The van der Waals surface area contributed by atoms with Crippen molar-refractivity contribution in [3.63, 3.8) is 0 Å². The summed E-state index contributed by atoms with van der Waals surface area (Å²) in [6, 6.07) is 6.90. The number of ether oxygens (including phenoxy) is 2. The van der Waals surface area contributed by atoms with Gasteiger partial charge in [-0.1, -0.05) is 36.4 Å². The van der Waals surface area contributed by atoms with Crippen molar-refractivity contribution in [1.82, 2.24) is 16.0 Å². The molecule has 5 aliphatic heterocycles. The Morgan fingerprint density at radius 2 is 2.00 bits per heavy atom. The number of fused-ring (bicyclic) bond motifs is 6. The number of dihydropyridines is 2. The van der Waals surface area contributed by atoms with Gasteiger partial charge in [-0.15, -0.1) is 0 Å². The third-order valence-corrected chi connectivity index (χ3v) is 13.5. The van der Waals surface area contributed by atoms with Crippen LogP contribution in [0.4, 0.5) is 0 Å². The van der Waals surface area contributed by atoms with E-state index in [0.717, 1.165) is 39.8 Å². The van der Waals surface area contributed by atoms with Gasteiger partial charge in [0.2, 0.25) is 0 Å². The first-order chi connectivity index (χ1) is 28.4. The lowest BCUT2D eigenvalue weighted by molar-refractivity contribution is -0.165. The highest BCUT2D eigenvalue weighted by atomic mass is 16.6. The molecule has 12 nitrogen and oxygen atoms in total. The number of phenolic OH excluding ortho intramolecular Hbond substituents is 2. The van der Waals surface area contributed by atoms with Crippen molar-refractivity contribution >= 4 is 16.9 Å². The van der Waals surface area contributed by atoms with E-state index >= 15 is 0 Å². The maximum Gasteiger partial charge on any atom is 0.333 e. The fourth-order valence-corrected chi connectivity index (χ4v) is 10.2. The molecular formula is C47H52N4O8. The number of aliphatic hydroxyl groups is 1. The van der Waals surface area contributed by atoms with Crippen molar-refractivity contribution < 1.29 is 34.0 Å². The van der Waals surface area contributed by atoms with Gasteiger partial charge in [-0.3, -0.25) is 10.1 Å². The van der Waals surface area contributed by atoms with Gasteiger partial charge in [0.1, 0.15) is 64.3 Å². The van der Waals surface area contributed by atoms with E-state index in [1.807, 2.05) is 13.0 Å². The number of benzene rings is 2. The summed E-state index contributed by atoms with van der Waals surface area (Å²) >= 11 is 0. The largest absolute Gasteiger partial charge is 0.508 e. The highest BCUT2D eigenvalue weighted by molar-refractivity contribution is 5.92. The minimum Gasteiger partial charge on any atom is -0.508 e. The van der Waals surface area contributed by atoms with Gasteiger partial charge in [-0.2, -0.15) is 0 Å². The number of hydrogen-bond acceptors (Lipinski definition) is 12. The van der Waals surface area contributed by atoms with Gasteiger partial charge in [-0.25, -0.2) is 4.79 Å². The summed E-state index contributed by atoms with van der Waals surface area (Å²) in [7, 11) is 0. The number of phenols is 2. The van der Waals surface area contributed by atoms with Crippen LogP contribution in [-0.4, -0.2) is 51.7 Å². The monoisotopic (exact) mass is 800 g/mol. The van der Waals surface area contributed by atoms with Crippen LogP contribution in [0.25, 0.3) is 11.0 Å². The molecular weight excluding hydrogens is 749 g/mol. The standard InChI is InChI=1S/C47H52N4O8/c1-5-23(2)46(56)58-37-20-35-41(55)40-36(54)19-32(22-52)57-43(40)39-34-18-29-17-31(53)11-10-26(29)8-9-27(38-33(34)12-13-49-44(38)48)16-30(47(37,4)59-42(35)39)15-25-14-28-7-6-24(3)51-45(28)50-21-25/h5-7,10-12,14,17,19,21,24,27,30,34,37,45,49-53,55H,8-9,13,15-16,18,20,22,48H2,1-4H3. The third-order valence-electron chi connectivity index (χ3n) is 13.5. The first kappa shape index (κ1) is 38.8. The quantitative estimate of drug-likeness (QED) is 0.126. The molecule has 0 radical (unpaired) electrons. The van der Waals surface area contributed by atoms with Crippen LogP contribution < -0.4 is 31.8 Å². The molecule has 0 saturated heterocycles. The van der Waals surface area contributed by atoms with Crippen molar-refractivity contribution in [3.05, 3.63) is 133 Å². The Bertz CT molecular complexity index is 2530. The number of esters is 1. The number of allylic oxidation sites excluding steroid dienone is 5. The molecule has 7 unspecified atom stereocenters. The number of aliphatic hydroxyl groups excluding tert-OH is 1. The van der Waals surface area contributed by atoms with Crippen LogP contribution in [0.1, 0.15) is 80.9 Å². The number of nitrogens with one attached hydrogen (secondary N) is 3. The first-order valence-corrected chi connectivity index (χ1v) is 20.7. The van der Waals surface area contributed by atoms with Crippen LogP contribution in [-0.2, 0) is 35.4 Å². The van der Waals surface area contributed by atoms with E-state index in [-0.39, 0.29) is 58.7 Å². The van der Waals surface area contributed by atoms with Crippen molar-refractivity contribution in [2.24, 2.45) is 17.6 Å². The number of aryl methyl sites for hydroxylation is 1. The Labute approximate surface area is 342 Å². The van der Waals surface area contributed by atoms with Gasteiger partial charge in [-0.05, 0) is 111 Å². The summed E-state index contributed by atoms with van der Waals surface area (Å²) in [6.45, 7) is 7.52. The second kappa shape index (κ2) is 14.8. The van der Waals surface area contributed by atoms with Gasteiger partial charge in [0.15, 0.2) is 5.43 Å². The molecule has 6 aliphatic rings. The average Bonchev–Trinajstić information content (AvgIpc) is 3.27. The smallest absolute Gasteiger partial charge is 0.333 e. The minimum atomic E-state index is -1.19. The topological polar surface area (TPSA) is 189 Å². The molecule has 9 rings (SSSR count). The number of aromatic hydroxyl groups is 2. The van der Waals surface area contributed by atoms with E-state index in [2.05, 4.69) is 53.4 Å². The Morgan fingerprint density at radius 3 is 2.80 bits per heavy atom. The molecule has 1 aromatic heterocycles. The van der Waals surface area contributed by atoms with E-state index in [1.54, 1.807) is 32.1 Å². The van der Waals surface area contributed by atoms with Gasteiger partial charge < -0.3 is 45.6 Å². The number of hydrogen-bond donors (Lipinski definition) is 7. The van der Waals surface area contributed by atoms with Crippen molar-refractivity contribution in [2.75, 3.05) is 6.54 Å². The van der Waals surface area contributed by atoms with Crippen LogP contribution in [0.15, 0.2) is 104 Å². The second-order valence-corrected chi connectivity index (χ2v) is 17.1. The summed E-state index contributed by atoms with van der Waals surface area (Å²) in [5.74, 6) is -0.675. The Kier molecular flexibility index (Phi) is 9.75.